The summed E-state index contributed by atoms with van der Waals surface area (Å²) in [6.45, 7) is 0.438. The molecule has 2 bridgehead atoms. The maximum Gasteiger partial charge on any atom is 0.407 e. The average molecular weight is 455 g/mol. The molecule has 1 aromatic carbocycles. The van der Waals surface area contributed by atoms with Gasteiger partial charge in [-0.25, -0.2) is 17.5 Å². The second-order valence-corrected chi connectivity index (χ2v) is 10.6. The summed E-state index contributed by atoms with van der Waals surface area (Å²) < 4.78 is 44.8. The summed E-state index contributed by atoms with van der Waals surface area (Å²) in [6.07, 6.45) is 2.01. The van der Waals surface area contributed by atoms with Gasteiger partial charge in [-0.2, -0.15) is 0 Å². The fraction of sp³-hybridized carbons (Fsp3) is 0.667. The lowest BCUT2D eigenvalue weighted by Crippen LogP contribution is -2.43. The van der Waals surface area contributed by atoms with Gasteiger partial charge in [0.25, 0.3) is 0 Å². The number of methoxy groups -OCH3 is 1. The van der Waals surface area contributed by atoms with E-state index >= 15 is 0 Å². The molecule has 172 valence electrons. The summed E-state index contributed by atoms with van der Waals surface area (Å²) in [5, 5.41) is 9.21. The predicted octanol–water partition coefficient (Wildman–Crippen LogP) is 1.91. The molecule has 5 atom stereocenters. The lowest BCUT2D eigenvalue weighted by molar-refractivity contribution is -0.0189. The van der Waals surface area contributed by atoms with Gasteiger partial charge in [0.05, 0.1) is 31.1 Å². The monoisotopic (exact) mass is 454 g/mol. The third kappa shape index (κ3) is 4.97. The van der Waals surface area contributed by atoms with Crippen LogP contribution in [0.4, 0.5) is 4.79 Å². The van der Waals surface area contributed by atoms with Gasteiger partial charge in [0.2, 0.25) is 10.0 Å². The van der Waals surface area contributed by atoms with Crippen molar-refractivity contribution in [1.29, 1.82) is 0 Å². The lowest BCUT2D eigenvalue weighted by atomic mass is 10.0. The molecular weight excluding hydrogens is 424 g/mol. The van der Waals surface area contributed by atoms with Gasteiger partial charge in [-0.15, -0.1) is 0 Å². The number of hydrogen-bond acceptors (Lipinski definition) is 6. The molecule has 9 nitrogen and oxygen atoms in total. The van der Waals surface area contributed by atoms with Gasteiger partial charge in [-0.3, -0.25) is 0 Å². The Morgan fingerprint density at radius 1 is 1.23 bits per heavy atom. The largest absolute Gasteiger partial charge is 0.486 e. The van der Waals surface area contributed by atoms with E-state index in [2.05, 4.69) is 0 Å². The maximum absolute atomic E-state index is 13.1. The normalized spacial score (nSPS) is 30.7. The summed E-state index contributed by atoms with van der Waals surface area (Å²) in [6, 6.07) is 6.93. The Morgan fingerprint density at radius 3 is 2.55 bits per heavy atom. The van der Waals surface area contributed by atoms with Gasteiger partial charge in [-0.05, 0) is 43.4 Å². The zero-order valence-electron chi connectivity index (χ0n) is 17.8. The summed E-state index contributed by atoms with van der Waals surface area (Å²) in [5.41, 5.74) is 0.626. The molecule has 0 aromatic heterocycles. The van der Waals surface area contributed by atoms with Crippen LogP contribution in [0.2, 0.25) is 0 Å². The highest BCUT2D eigenvalue weighted by Gasteiger charge is 2.40. The number of nitrogens with zero attached hydrogens (tertiary/aromatic N) is 2. The highest BCUT2D eigenvalue weighted by Crippen LogP contribution is 2.35. The fourth-order valence-electron chi connectivity index (χ4n) is 4.79. The number of fused-ring (bicyclic) bond motifs is 2. The zero-order chi connectivity index (χ0) is 22.2. The lowest BCUT2D eigenvalue weighted by Gasteiger charge is -2.34. The molecular formula is C21H30N2O7S. The van der Waals surface area contributed by atoms with Gasteiger partial charge >= 0.3 is 6.09 Å². The molecule has 3 aliphatic heterocycles. The predicted molar refractivity (Wildman–Crippen MR) is 113 cm³/mol. The number of amides is 1. The van der Waals surface area contributed by atoms with Crippen molar-refractivity contribution in [2.24, 2.45) is 0 Å². The first-order chi connectivity index (χ1) is 14.7. The molecule has 0 saturated carbocycles. The second-order valence-electron chi connectivity index (χ2n) is 8.62. The van der Waals surface area contributed by atoms with Crippen molar-refractivity contribution in [1.82, 2.24) is 9.21 Å². The van der Waals surface area contributed by atoms with Crippen molar-refractivity contribution in [3.05, 3.63) is 29.8 Å². The van der Waals surface area contributed by atoms with Gasteiger partial charge in [-0.1, -0.05) is 12.1 Å². The highest BCUT2D eigenvalue weighted by molar-refractivity contribution is 7.88. The fourth-order valence-corrected chi connectivity index (χ4v) is 6.22. The number of carboxylic acid groups (broad SMARTS) is 1. The second kappa shape index (κ2) is 8.93. The maximum atomic E-state index is 13.1. The first kappa shape index (κ1) is 22.3. The molecule has 0 unspecified atom stereocenters. The molecule has 1 aromatic rings. The van der Waals surface area contributed by atoms with Crippen LogP contribution in [-0.4, -0.2) is 86.5 Å². The van der Waals surface area contributed by atoms with Crippen LogP contribution in [0.15, 0.2) is 24.3 Å². The molecule has 3 fully saturated rings. The van der Waals surface area contributed by atoms with Crippen LogP contribution in [0.5, 0.6) is 5.75 Å². The minimum atomic E-state index is -3.50. The van der Waals surface area contributed by atoms with Crippen LogP contribution in [0, 0.1) is 0 Å². The first-order valence-corrected chi connectivity index (χ1v) is 12.2. The van der Waals surface area contributed by atoms with Crippen molar-refractivity contribution >= 4 is 16.1 Å². The van der Waals surface area contributed by atoms with Crippen LogP contribution in [-0.2, 0) is 25.2 Å². The third-order valence-electron chi connectivity index (χ3n) is 6.54. The quantitative estimate of drug-likeness (QED) is 0.671. The average Bonchev–Trinajstić information content (AvgIpc) is 3.29. The van der Waals surface area contributed by atoms with E-state index in [-0.39, 0.29) is 43.2 Å². The van der Waals surface area contributed by atoms with Gasteiger partial charge in [0, 0.05) is 20.2 Å². The molecule has 1 amide bonds. The standard InChI is InChI=1S/C21H30N2O7S/c1-22(15-9-17-6-7-18(10-15)29-17)31(26,27)13-14-4-3-5-16(8-14)30-20-12-23(21(24)25)11-19(20)28-2/h3-5,8,15,17-20H,6-7,9-13H2,1-2H3,(H,24,25)/t15-,17-,18+,19-,20-/m1/s1. The smallest absolute Gasteiger partial charge is 0.407 e. The van der Waals surface area contributed by atoms with E-state index in [4.69, 9.17) is 14.2 Å². The highest BCUT2D eigenvalue weighted by atomic mass is 32.2. The molecule has 0 radical (unpaired) electrons. The summed E-state index contributed by atoms with van der Waals surface area (Å²) in [7, 11) is -0.318. The van der Waals surface area contributed by atoms with E-state index in [9.17, 15) is 18.3 Å². The van der Waals surface area contributed by atoms with Gasteiger partial charge in [0.1, 0.15) is 18.0 Å². The Balaban J connectivity index is 1.41. The van der Waals surface area contributed by atoms with Crippen LogP contribution in [0.1, 0.15) is 31.2 Å². The summed E-state index contributed by atoms with van der Waals surface area (Å²) >= 11 is 0. The molecule has 3 heterocycles. The van der Waals surface area contributed by atoms with Crippen LogP contribution < -0.4 is 4.74 Å². The number of ether oxygens (including phenoxy) is 3. The number of likely N-dealkylation sites (tertiary alicyclic amines) is 1. The minimum absolute atomic E-state index is 0.0290. The Bertz CT molecular complexity index is 897. The van der Waals surface area contributed by atoms with Gasteiger partial charge in [0.15, 0.2) is 0 Å². The van der Waals surface area contributed by atoms with Crippen molar-refractivity contribution in [2.75, 3.05) is 27.2 Å². The zero-order valence-corrected chi connectivity index (χ0v) is 18.7. The van der Waals surface area contributed by atoms with Crippen molar-refractivity contribution in [3.8, 4) is 5.75 Å². The molecule has 4 rings (SSSR count). The Kier molecular flexibility index (Phi) is 6.43. The SMILES string of the molecule is CO[C@@H]1CN(C(=O)O)C[C@H]1Oc1cccc(CS(=O)(=O)N(C)[C@@H]2C[C@H]3CC[C@@H](C2)O3)c1. The van der Waals surface area contributed by atoms with Crippen molar-refractivity contribution in [3.63, 3.8) is 0 Å². The van der Waals surface area contributed by atoms with Crippen LogP contribution in [0.3, 0.4) is 0 Å². The summed E-state index contributed by atoms with van der Waals surface area (Å²) in [4.78, 5) is 12.5. The molecule has 1 N–H and O–H groups in total. The Labute approximate surface area is 182 Å². The molecule has 31 heavy (non-hydrogen) atoms. The number of sulfonamides is 1. The van der Waals surface area contributed by atoms with Crippen LogP contribution in [0.25, 0.3) is 0 Å². The van der Waals surface area contributed by atoms with E-state index in [0.717, 1.165) is 25.7 Å². The Morgan fingerprint density at radius 2 is 1.90 bits per heavy atom. The van der Waals surface area contributed by atoms with Gasteiger partial charge < -0.3 is 24.2 Å². The first-order valence-electron chi connectivity index (χ1n) is 10.6. The van der Waals surface area contributed by atoms with E-state index in [1.165, 1.54) is 16.3 Å². The topological polar surface area (TPSA) is 106 Å². The van der Waals surface area contributed by atoms with Crippen LogP contribution >= 0.6 is 0 Å². The molecule has 3 saturated heterocycles. The van der Waals surface area contributed by atoms with E-state index in [0.29, 0.717) is 11.3 Å². The molecule has 10 heteroatoms. The third-order valence-corrected chi connectivity index (χ3v) is 8.42. The van der Waals surface area contributed by atoms with Crippen molar-refractivity contribution in [2.45, 2.75) is 61.9 Å². The van der Waals surface area contributed by atoms with E-state index in [1.54, 1.807) is 31.3 Å². The molecule has 0 aliphatic carbocycles. The minimum Gasteiger partial charge on any atom is -0.486 e. The van der Waals surface area contributed by atoms with E-state index in [1.807, 2.05) is 0 Å². The number of rotatable bonds is 7. The number of carbonyl (C=O) groups is 1. The molecule has 0 spiro atoms. The number of benzene rings is 1. The van der Waals surface area contributed by atoms with E-state index < -0.39 is 22.2 Å². The molecule has 3 aliphatic rings. The Hall–Kier alpha value is -1.88. The summed E-state index contributed by atoms with van der Waals surface area (Å²) in [5.74, 6) is 0.381. The number of hydrogen-bond donors (Lipinski definition) is 1. The van der Waals surface area contributed by atoms with Crippen molar-refractivity contribution < 1.29 is 32.5 Å².